The minimum atomic E-state index is -0.391. The third kappa shape index (κ3) is 2.58. The zero-order chi connectivity index (χ0) is 13.3. The molecule has 0 unspecified atom stereocenters. The maximum absolute atomic E-state index is 11.9. The molecule has 0 saturated carbocycles. The summed E-state index contributed by atoms with van der Waals surface area (Å²) in [5, 5.41) is 2.93. The average Bonchev–Trinajstić information content (AvgIpc) is 2.29. The topological polar surface area (TPSA) is 41.6 Å². The smallest absolute Gasteiger partial charge is 0.229 e. The first-order chi connectivity index (χ1) is 8.38. The molecule has 1 aromatic carbocycles. The summed E-state index contributed by atoms with van der Waals surface area (Å²) in [5.41, 5.74) is 1.44. The van der Waals surface area contributed by atoms with Gasteiger partial charge in [-0.25, -0.2) is 0 Å². The van der Waals surface area contributed by atoms with Gasteiger partial charge in [0.1, 0.15) is 12.4 Å². The fourth-order valence-corrected chi connectivity index (χ4v) is 1.75. The number of fused-ring (bicyclic) bond motifs is 1. The van der Waals surface area contributed by atoms with Gasteiger partial charge in [0.25, 0.3) is 0 Å². The fraction of sp³-hybridized carbons (Fsp3) is 0.500. The second-order valence-electron chi connectivity index (χ2n) is 5.66. The summed E-state index contributed by atoms with van der Waals surface area (Å²) in [7, 11) is 2.02. The van der Waals surface area contributed by atoms with E-state index in [-0.39, 0.29) is 5.91 Å². The molecule has 2 rings (SSSR count). The molecule has 1 N–H and O–H groups in total. The van der Waals surface area contributed by atoms with Gasteiger partial charge in [-0.15, -0.1) is 0 Å². The minimum absolute atomic E-state index is 0.0156. The average molecular weight is 248 g/mol. The van der Waals surface area contributed by atoms with E-state index in [0.717, 1.165) is 23.7 Å². The molecule has 1 aliphatic heterocycles. The Hall–Kier alpha value is -1.71. The highest BCUT2D eigenvalue weighted by molar-refractivity contribution is 5.95. The van der Waals surface area contributed by atoms with Crippen LogP contribution in [-0.4, -0.2) is 26.1 Å². The first-order valence-corrected chi connectivity index (χ1v) is 6.17. The number of amides is 1. The minimum Gasteiger partial charge on any atom is -0.490 e. The molecular formula is C14H20N2O2. The van der Waals surface area contributed by atoms with Crippen molar-refractivity contribution in [3.8, 4) is 5.75 Å². The molecule has 0 aliphatic carbocycles. The zero-order valence-electron chi connectivity index (χ0n) is 11.4. The Balaban J connectivity index is 2.21. The van der Waals surface area contributed by atoms with Crippen LogP contribution in [-0.2, 0) is 4.79 Å². The molecule has 18 heavy (non-hydrogen) atoms. The summed E-state index contributed by atoms with van der Waals surface area (Å²) in [6.07, 6.45) is 0. The van der Waals surface area contributed by atoms with E-state index in [0.29, 0.717) is 6.61 Å². The SMILES string of the molecule is CN1CCOc2ccc(NC(=O)C(C)(C)C)cc21. The predicted molar refractivity (Wildman–Crippen MR) is 73.3 cm³/mol. The van der Waals surface area contributed by atoms with Gasteiger partial charge in [-0.2, -0.15) is 0 Å². The van der Waals surface area contributed by atoms with E-state index in [1.165, 1.54) is 0 Å². The number of rotatable bonds is 1. The quantitative estimate of drug-likeness (QED) is 0.830. The number of nitrogens with one attached hydrogen (secondary N) is 1. The largest absolute Gasteiger partial charge is 0.490 e. The molecule has 1 heterocycles. The van der Waals surface area contributed by atoms with Crippen LogP contribution in [0.15, 0.2) is 18.2 Å². The summed E-state index contributed by atoms with van der Waals surface area (Å²) in [5.74, 6) is 0.888. The Morgan fingerprint density at radius 2 is 2.11 bits per heavy atom. The van der Waals surface area contributed by atoms with E-state index in [1.807, 2.05) is 46.0 Å². The van der Waals surface area contributed by atoms with E-state index >= 15 is 0 Å². The molecule has 0 bridgehead atoms. The van der Waals surface area contributed by atoms with Gasteiger partial charge in [-0.3, -0.25) is 4.79 Å². The lowest BCUT2D eigenvalue weighted by Crippen LogP contribution is -2.30. The highest BCUT2D eigenvalue weighted by Gasteiger charge is 2.22. The second kappa shape index (κ2) is 4.52. The third-order valence-electron chi connectivity index (χ3n) is 2.99. The van der Waals surface area contributed by atoms with Gasteiger partial charge in [0.05, 0.1) is 12.2 Å². The molecule has 4 heteroatoms. The van der Waals surface area contributed by atoms with Crippen molar-refractivity contribution in [1.82, 2.24) is 0 Å². The molecular weight excluding hydrogens is 228 g/mol. The van der Waals surface area contributed by atoms with Crippen molar-refractivity contribution < 1.29 is 9.53 Å². The number of ether oxygens (including phenoxy) is 1. The normalized spacial score (nSPS) is 14.8. The predicted octanol–water partition coefficient (Wildman–Crippen LogP) is 2.50. The van der Waals surface area contributed by atoms with Crippen LogP contribution in [0.3, 0.4) is 0 Å². The van der Waals surface area contributed by atoms with E-state index in [4.69, 9.17) is 4.74 Å². The van der Waals surface area contributed by atoms with Gasteiger partial charge in [0, 0.05) is 18.2 Å². The molecule has 0 spiro atoms. The van der Waals surface area contributed by atoms with Crippen molar-refractivity contribution in [3.63, 3.8) is 0 Å². The molecule has 1 aliphatic rings. The van der Waals surface area contributed by atoms with Crippen molar-refractivity contribution in [2.75, 3.05) is 30.4 Å². The zero-order valence-corrected chi connectivity index (χ0v) is 11.4. The number of nitrogens with zero attached hydrogens (tertiary/aromatic N) is 1. The number of likely N-dealkylation sites (N-methyl/N-ethyl adjacent to an activating group) is 1. The Labute approximate surface area is 108 Å². The Morgan fingerprint density at radius 1 is 1.39 bits per heavy atom. The first-order valence-electron chi connectivity index (χ1n) is 6.17. The number of hydrogen-bond donors (Lipinski definition) is 1. The van der Waals surface area contributed by atoms with Crippen LogP contribution < -0.4 is 15.0 Å². The summed E-state index contributed by atoms with van der Waals surface area (Å²) >= 11 is 0. The molecule has 0 radical (unpaired) electrons. The van der Waals surface area contributed by atoms with Crippen LogP contribution in [0.1, 0.15) is 20.8 Å². The number of hydrogen-bond acceptors (Lipinski definition) is 3. The van der Waals surface area contributed by atoms with Crippen molar-refractivity contribution in [3.05, 3.63) is 18.2 Å². The lowest BCUT2D eigenvalue weighted by Gasteiger charge is -2.28. The standard InChI is InChI=1S/C14H20N2O2/c1-14(2,3)13(17)15-10-5-6-12-11(9-10)16(4)7-8-18-12/h5-6,9H,7-8H2,1-4H3,(H,15,17). The molecule has 0 atom stereocenters. The number of benzene rings is 1. The molecule has 0 aromatic heterocycles. The number of anilines is 2. The summed E-state index contributed by atoms with van der Waals surface area (Å²) in [4.78, 5) is 14.1. The van der Waals surface area contributed by atoms with Crippen LogP contribution >= 0.6 is 0 Å². The lowest BCUT2D eigenvalue weighted by molar-refractivity contribution is -0.123. The molecule has 98 valence electrons. The molecule has 1 amide bonds. The maximum Gasteiger partial charge on any atom is 0.229 e. The van der Waals surface area contributed by atoms with Gasteiger partial charge < -0.3 is 15.0 Å². The fourth-order valence-electron chi connectivity index (χ4n) is 1.75. The summed E-state index contributed by atoms with van der Waals surface area (Å²) in [6, 6.07) is 5.74. The lowest BCUT2D eigenvalue weighted by atomic mass is 9.95. The highest BCUT2D eigenvalue weighted by Crippen LogP contribution is 2.33. The monoisotopic (exact) mass is 248 g/mol. The number of carbonyl (C=O) groups is 1. The first kappa shape index (κ1) is 12.7. The maximum atomic E-state index is 11.9. The second-order valence-corrected chi connectivity index (χ2v) is 5.66. The van der Waals surface area contributed by atoms with Crippen LogP contribution in [0.25, 0.3) is 0 Å². The molecule has 0 saturated heterocycles. The molecule has 1 aromatic rings. The van der Waals surface area contributed by atoms with Gasteiger partial charge in [-0.05, 0) is 18.2 Å². The summed E-state index contributed by atoms with van der Waals surface area (Å²) < 4.78 is 5.57. The Bertz CT molecular complexity index is 463. The van der Waals surface area contributed by atoms with Crippen molar-refractivity contribution in [2.24, 2.45) is 5.41 Å². The van der Waals surface area contributed by atoms with E-state index in [2.05, 4.69) is 10.2 Å². The third-order valence-corrected chi connectivity index (χ3v) is 2.99. The molecule has 4 nitrogen and oxygen atoms in total. The van der Waals surface area contributed by atoms with Gasteiger partial charge in [-0.1, -0.05) is 20.8 Å². The number of carbonyl (C=O) groups excluding carboxylic acids is 1. The van der Waals surface area contributed by atoms with Crippen molar-refractivity contribution >= 4 is 17.3 Å². The Kier molecular flexibility index (Phi) is 3.20. The van der Waals surface area contributed by atoms with Gasteiger partial charge in [0.15, 0.2) is 0 Å². The van der Waals surface area contributed by atoms with Gasteiger partial charge in [0.2, 0.25) is 5.91 Å². The van der Waals surface area contributed by atoms with Crippen molar-refractivity contribution in [2.45, 2.75) is 20.8 Å². The molecule has 0 fully saturated rings. The highest BCUT2D eigenvalue weighted by atomic mass is 16.5. The van der Waals surface area contributed by atoms with E-state index < -0.39 is 5.41 Å². The van der Waals surface area contributed by atoms with Gasteiger partial charge >= 0.3 is 0 Å². The van der Waals surface area contributed by atoms with Crippen molar-refractivity contribution in [1.29, 1.82) is 0 Å². The van der Waals surface area contributed by atoms with Crippen LogP contribution in [0.4, 0.5) is 11.4 Å². The van der Waals surface area contributed by atoms with Crippen LogP contribution in [0.2, 0.25) is 0 Å². The van der Waals surface area contributed by atoms with E-state index in [9.17, 15) is 4.79 Å². The van der Waals surface area contributed by atoms with Crippen LogP contribution in [0, 0.1) is 5.41 Å². The van der Waals surface area contributed by atoms with E-state index in [1.54, 1.807) is 0 Å². The van der Waals surface area contributed by atoms with Crippen LogP contribution in [0.5, 0.6) is 5.75 Å². The Morgan fingerprint density at radius 3 is 2.78 bits per heavy atom. The summed E-state index contributed by atoms with van der Waals surface area (Å²) in [6.45, 7) is 7.27.